The standard InChI is InChI=1S/C12H19N3O2/c1-10(2)12-13-3-4-15(12)9-11(16)14-5-7-17-8-6-14/h3-4,10H,5-9H2,1-2H3. The minimum Gasteiger partial charge on any atom is -0.378 e. The Hall–Kier alpha value is -1.36. The predicted molar refractivity (Wildman–Crippen MR) is 63.7 cm³/mol. The summed E-state index contributed by atoms with van der Waals surface area (Å²) in [4.78, 5) is 18.2. The molecule has 0 radical (unpaired) electrons. The molecule has 17 heavy (non-hydrogen) atoms. The van der Waals surface area contributed by atoms with Gasteiger partial charge in [0.15, 0.2) is 0 Å². The fourth-order valence-corrected chi connectivity index (χ4v) is 2.01. The molecule has 5 nitrogen and oxygen atoms in total. The molecule has 2 heterocycles. The first-order chi connectivity index (χ1) is 8.18. The first kappa shape index (κ1) is 12.1. The summed E-state index contributed by atoms with van der Waals surface area (Å²) >= 11 is 0. The number of imidazole rings is 1. The van der Waals surface area contributed by atoms with Gasteiger partial charge in [0.05, 0.1) is 13.2 Å². The van der Waals surface area contributed by atoms with E-state index in [1.165, 1.54) is 0 Å². The molecular formula is C12H19N3O2. The first-order valence-corrected chi connectivity index (χ1v) is 6.05. The Kier molecular flexibility index (Phi) is 3.78. The third-order valence-corrected chi connectivity index (χ3v) is 2.93. The third kappa shape index (κ3) is 2.85. The maximum atomic E-state index is 12.1. The molecule has 0 unspecified atom stereocenters. The van der Waals surface area contributed by atoms with E-state index in [1.54, 1.807) is 6.20 Å². The van der Waals surface area contributed by atoms with Crippen LogP contribution >= 0.6 is 0 Å². The van der Waals surface area contributed by atoms with Crippen LogP contribution in [0.25, 0.3) is 0 Å². The highest BCUT2D eigenvalue weighted by molar-refractivity contribution is 5.76. The molecule has 0 saturated carbocycles. The molecule has 0 aliphatic carbocycles. The Labute approximate surface area is 101 Å². The number of morpholine rings is 1. The zero-order valence-corrected chi connectivity index (χ0v) is 10.4. The van der Waals surface area contributed by atoms with Gasteiger partial charge < -0.3 is 14.2 Å². The van der Waals surface area contributed by atoms with E-state index in [1.807, 2.05) is 15.7 Å². The predicted octanol–water partition coefficient (Wildman–Crippen LogP) is 0.865. The molecule has 0 spiro atoms. The number of aromatic nitrogens is 2. The van der Waals surface area contributed by atoms with Crippen molar-refractivity contribution >= 4 is 5.91 Å². The summed E-state index contributed by atoms with van der Waals surface area (Å²) in [6.07, 6.45) is 3.62. The molecule has 1 fully saturated rings. The van der Waals surface area contributed by atoms with E-state index in [0.29, 0.717) is 38.8 Å². The van der Waals surface area contributed by atoms with Crippen LogP contribution in [0.1, 0.15) is 25.6 Å². The maximum absolute atomic E-state index is 12.1. The number of nitrogens with zero attached hydrogens (tertiary/aromatic N) is 3. The molecule has 1 aromatic rings. The number of ether oxygens (including phenoxy) is 1. The van der Waals surface area contributed by atoms with Gasteiger partial charge in [-0.1, -0.05) is 13.8 Å². The van der Waals surface area contributed by atoms with Crippen LogP contribution in [0.3, 0.4) is 0 Å². The lowest BCUT2D eigenvalue weighted by molar-refractivity contribution is -0.135. The third-order valence-electron chi connectivity index (χ3n) is 2.93. The molecular weight excluding hydrogens is 218 g/mol. The van der Waals surface area contributed by atoms with Gasteiger partial charge >= 0.3 is 0 Å². The van der Waals surface area contributed by atoms with Gasteiger partial charge in [0.1, 0.15) is 12.4 Å². The fourth-order valence-electron chi connectivity index (χ4n) is 2.01. The van der Waals surface area contributed by atoms with E-state index in [-0.39, 0.29) is 5.91 Å². The molecule has 1 saturated heterocycles. The minimum absolute atomic E-state index is 0.146. The normalized spacial score (nSPS) is 16.5. The van der Waals surface area contributed by atoms with Gasteiger partial charge in [-0.3, -0.25) is 4.79 Å². The summed E-state index contributed by atoms with van der Waals surface area (Å²) in [5, 5.41) is 0. The van der Waals surface area contributed by atoms with E-state index < -0.39 is 0 Å². The number of hydrogen-bond donors (Lipinski definition) is 0. The van der Waals surface area contributed by atoms with E-state index in [0.717, 1.165) is 5.82 Å². The largest absolute Gasteiger partial charge is 0.378 e. The van der Waals surface area contributed by atoms with Crippen LogP contribution in [-0.2, 0) is 16.1 Å². The number of carbonyl (C=O) groups is 1. The molecule has 1 aromatic heterocycles. The van der Waals surface area contributed by atoms with Crippen molar-refractivity contribution in [2.75, 3.05) is 26.3 Å². The van der Waals surface area contributed by atoms with Crippen molar-refractivity contribution in [1.82, 2.24) is 14.5 Å². The summed E-state index contributed by atoms with van der Waals surface area (Å²) in [6.45, 7) is 7.23. The Bertz CT molecular complexity index is 381. The lowest BCUT2D eigenvalue weighted by Crippen LogP contribution is -2.42. The zero-order chi connectivity index (χ0) is 12.3. The first-order valence-electron chi connectivity index (χ1n) is 6.05. The molecule has 5 heteroatoms. The Balaban J connectivity index is 1.99. The molecule has 0 aromatic carbocycles. The maximum Gasteiger partial charge on any atom is 0.242 e. The van der Waals surface area contributed by atoms with Gasteiger partial charge in [-0.2, -0.15) is 0 Å². The van der Waals surface area contributed by atoms with E-state index >= 15 is 0 Å². The van der Waals surface area contributed by atoms with Crippen molar-refractivity contribution in [1.29, 1.82) is 0 Å². The zero-order valence-electron chi connectivity index (χ0n) is 10.4. The van der Waals surface area contributed by atoms with Gasteiger partial charge in [-0.15, -0.1) is 0 Å². The van der Waals surface area contributed by atoms with Gasteiger partial charge in [0, 0.05) is 31.4 Å². The topological polar surface area (TPSA) is 47.4 Å². The van der Waals surface area contributed by atoms with E-state index in [2.05, 4.69) is 18.8 Å². The second kappa shape index (κ2) is 5.31. The van der Waals surface area contributed by atoms with Crippen LogP contribution in [0.5, 0.6) is 0 Å². The summed E-state index contributed by atoms with van der Waals surface area (Å²) < 4.78 is 7.17. The van der Waals surface area contributed by atoms with Crippen LogP contribution in [-0.4, -0.2) is 46.7 Å². The van der Waals surface area contributed by atoms with Crippen molar-refractivity contribution in [3.8, 4) is 0 Å². The monoisotopic (exact) mass is 237 g/mol. The van der Waals surface area contributed by atoms with Gasteiger partial charge in [-0.05, 0) is 0 Å². The molecule has 2 rings (SSSR count). The SMILES string of the molecule is CC(C)c1nccn1CC(=O)N1CCOCC1. The lowest BCUT2D eigenvalue weighted by atomic mass is 10.2. The second-order valence-corrected chi connectivity index (χ2v) is 4.56. The number of rotatable bonds is 3. The number of amides is 1. The van der Waals surface area contributed by atoms with Crippen LogP contribution in [0.4, 0.5) is 0 Å². The van der Waals surface area contributed by atoms with Crippen LogP contribution in [0.2, 0.25) is 0 Å². The quantitative estimate of drug-likeness (QED) is 0.783. The highest BCUT2D eigenvalue weighted by Crippen LogP contribution is 2.12. The lowest BCUT2D eigenvalue weighted by Gasteiger charge is -2.27. The molecule has 0 bridgehead atoms. The highest BCUT2D eigenvalue weighted by Gasteiger charge is 2.18. The van der Waals surface area contributed by atoms with Crippen molar-refractivity contribution < 1.29 is 9.53 Å². The van der Waals surface area contributed by atoms with E-state index in [4.69, 9.17) is 4.74 Å². The average molecular weight is 237 g/mol. The Morgan fingerprint density at radius 2 is 2.18 bits per heavy atom. The minimum atomic E-state index is 0.146. The molecule has 1 aliphatic rings. The number of hydrogen-bond acceptors (Lipinski definition) is 3. The Morgan fingerprint density at radius 1 is 1.47 bits per heavy atom. The molecule has 1 aliphatic heterocycles. The van der Waals surface area contributed by atoms with Gasteiger partial charge in [0.2, 0.25) is 5.91 Å². The molecule has 94 valence electrons. The van der Waals surface area contributed by atoms with Crippen molar-refractivity contribution in [3.63, 3.8) is 0 Å². The fraction of sp³-hybridized carbons (Fsp3) is 0.667. The van der Waals surface area contributed by atoms with Crippen LogP contribution in [0, 0.1) is 0 Å². The molecule has 1 amide bonds. The number of carbonyl (C=O) groups excluding carboxylic acids is 1. The highest BCUT2D eigenvalue weighted by atomic mass is 16.5. The van der Waals surface area contributed by atoms with Gasteiger partial charge in [-0.25, -0.2) is 4.98 Å². The van der Waals surface area contributed by atoms with Gasteiger partial charge in [0.25, 0.3) is 0 Å². The summed E-state index contributed by atoms with van der Waals surface area (Å²) in [7, 11) is 0. The van der Waals surface area contributed by atoms with Crippen LogP contribution < -0.4 is 0 Å². The molecule has 0 N–H and O–H groups in total. The Morgan fingerprint density at radius 3 is 2.82 bits per heavy atom. The second-order valence-electron chi connectivity index (χ2n) is 4.56. The van der Waals surface area contributed by atoms with Crippen LogP contribution in [0.15, 0.2) is 12.4 Å². The smallest absolute Gasteiger partial charge is 0.242 e. The van der Waals surface area contributed by atoms with Crippen molar-refractivity contribution in [3.05, 3.63) is 18.2 Å². The van der Waals surface area contributed by atoms with E-state index in [9.17, 15) is 4.79 Å². The average Bonchev–Trinajstić information content (AvgIpc) is 2.78. The van der Waals surface area contributed by atoms with Crippen molar-refractivity contribution in [2.45, 2.75) is 26.3 Å². The summed E-state index contributed by atoms with van der Waals surface area (Å²) in [6, 6.07) is 0. The van der Waals surface area contributed by atoms with Crippen molar-refractivity contribution in [2.24, 2.45) is 0 Å². The summed E-state index contributed by atoms with van der Waals surface area (Å²) in [5.74, 6) is 1.45. The molecule has 0 atom stereocenters. The summed E-state index contributed by atoms with van der Waals surface area (Å²) in [5.41, 5.74) is 0.